The molecule has 0 unspecified atom stereocenters. The molecule has 29 heavy (non-hydrogen) atoms. The standard InChI is InChI=1S/C17H33N5O5.CH4O/c1-18-2-3-19-4-5-20(12-13-23)7-9-22(15-17(26)27)11-10-21(8-6-19)14-16(24)25;1-2/h13,18H,2-12,14-15H2,1H3,(H,24,25)(H,26,27);2H,1H3. The first kappa shape index (κ1) is 27.4. The van der Waals surface area contributed by atoms with Crippen molar-refractivity contribution in [2.75, 3.05) is 99.2 Å². The third-order valence-corrected chi connectivity index (χ3v) is 4.66. The summed E-state index contributed by atoms with van der Waals surface area (Å²) >= 11 is 0. The van der Waals surface area contributed by atoms with Crippen molar-refractivity contribution in [3.05, 3.63) is 0 Å². The molecule has 1 rings (SSSR count). The molecule has 11 nitrogen and oxygen atoms in total. The number of aliphatic hydroxyl groups excluding tert-OH is 1. The molecule has 0 bridgehead atoms. The number of aldehydes is 1. The molecule has 1 heterocycles. The van der Waals surface area contributed by atoms with Gasteiger partial charge in [-0.15, -0.1) is 0 Å². The minimum absolute atomic E-state index is 0.0575. The Balaban J connectivity index is 0.00000379. The Bertz CT molecular complexity index is 468. The fraction of sp³-hybridized carbons (Fsp3) is 0.833. The number of hydrogen-bond acceptors (Lipinski definition) is 9. The number of carbonyl (C=O) groups excluding carboxylic acids is 1. The lowest BCUT2D eigenvalue weighted by Crippen LogP contribution is -2.48. The van der Waals surface area contributed by atoms with E-state index in [2.05, 4.69) is 10.2 Å². The molecule has 1 aliphatic rings. The molecule has 0 atom stereocenters. The van der Waals surface area contributed by atoms with E-state index in [0.717, 1.165) is 39.6 Å². The topological polar surface area (TPSA) is 137 Å². The number of likely N-dealkylation sites (N-methyl/N-ethyl adjacent to an activating group) is 1. The zero-order chi connectivity index (χ0) is 22.1. The number of nitrogens with zero attached hydrogens (tertiary/aromatic N) is 4. The fourth-order valence-corrected chi connectivity index (χ4v) is 3.06. The SMILES string of the molecule is CNCCN1CCN(CC=O)CCN(CC(=O)O)CCN(CC(=O)O)CC1.CO. The van der Waals surface area contributed by atoms with Gasteiger partial charge in [0.15, 0.2) is 0 Å². The summed E-state index contributed by atoms with van der Waals surface area (Å²) < 4.78 is 0. The lowest BCUT2D eigenvalue weighted by Gasteiger charge is -2.33. The van der Waals surface area contributed by atoms with Crippen LogP contribution >= 0.6 is 0 Å². The van der Waals surface area contributed by atoms with E-state index in [1.54, 1.807) is 4.90 Å². The van der Waals surface area contributed by atoms with Gasteiger partial charge in [0.1, 0.15) is 6.29 Å². The van der Waals surface area contributed by atoms with Gasteiger partial charge >= 0.3 is 11.9 Å². The van der Waals surface area contributed by atoms with Gasteiger partial charge in [0.2, 0.25) is 0 Å². The van der Waals surface area contributed by atoms with E-state index in [1.165, 1.54) is 0 Å². The molecule has 0 spiro atoms. The van der Waals surface area contributed by atoms with Gasteiger partial charge in [-0.05, 0) is 7.05 Å². The minimum Gasteiger partial charge on any atom is -0.480 e. The Morgan fingerprint density at radius 1 is 0.793 bits per heavy atom. The molecule has 0 aliphatic carbocycles. The van der Waals surface area contributed by atoms with Crippen molar-refractivity contribution >= 4 is 18.2 Å². The summed E-state index contributed by atoms with van der Waals surface area (Å²) in [5.74, 6) is -1.79. The average Bonchev–Trinajstić information content (AvgIpc) is 2.68. The van der Waals surface area contributed by atoms with Crippen LogP contribution in [0.25, 0.3) is 0 Å². The van der Waals surface area contributed by atoms with Crippen molar-refractivity contribution in [1.82, 2.24) is 24.9 Å². The summed E-state index contributed by atoms with van der Waals surface area (Å²) in [7, 11) is 2.89. The third kappa shape index (κ3) is 14.1. The van der Waals surface area contributed by atoms with Crippen LogP contribution in [0.4, 0.5) is 0 Å². The molecular weight excluding hydrogens is 382 g/mol. The van der Waals surface area contributed by atoms with Crippen LogP contribution in [0, 0.1) is 0 Å². The van der Waals surface area contributed by atoms with Crippen molar-refractivity contribution in [3.8, 4) is 0 Å². The first-order chi connectivity index (χ1) is 13.9. The summed E-state index contributed by atoms with van der Waals surface area (Å²) in [5, 5.41) is 28.4. The zero-order valence-electron chi connectivity index (χ0n) is 17.6. The molecule has 1 saturated heterocycles. The second-order valence-electron chi connectivity index (χ2n) is 6.75. The number of hydrogen-bond donors (Lipinski definition) is 4. The second kappa shape index (κ2) is 17.2. The van der Waals surface area contributed by atoms with Crippen LogP contribution in [-0.4, -0.2) is 152 Å². The van der Waals surface area contributed by atoms with E-state index in [-0.39, 0.29) is 13.1 Å². The summed E-state index contributed by atoms with van der Waals surface area (Å²) in [5.41, 5.74) is 0. The van der Waals surface area contributed by atoms with E-state index in [4.69, 9.17) is 15.3 Å². The average molecular weight is 420 g/mol. The monoisotopic (exact) mass is 419 g/mol. The highest BCUT2D eigenvalue weighted by Gasteiger charge is 2.18. The molecular formula is C18H37N5O6. The molecule has 0 aromatic heterocycles. The van der Waals surface area contributed by atoms with Crippen LogP contribution in [0.3, 0.4) is 0 Å². The maximum Gasteiger partial charge on any atom is 0.317 e. The highest BCUT2D eigenvalue weighted by atomic mass is 16.4. The smallest absolute Gasteiger partial charge is 0.317 e. The molecule has 4 N–H and O–H groups in total. The molecule has 0 aromatic rings. The normalized spacial score (nSPS) is 18.7. The highest BCUT2D eigenvalue weighted by molar-refractivity contribution is 5.69. The summed E-state index contributed by atoms with van der Waals surface area (Å²) in [4.78, 5) is 41.2. The van der Waals surface area contributed by atoms with Gasteiger partial charge in [0, 0.05) is 72.6 Å². The Labute approximate surface area is 172 Å². The maximum atomic E-state index is 11.2. The van der Waals surface area contributed by atoms with Crippen molar-refractivity contribution < 1.29 is 29.7 Å². The van der Waals surface area contributed by atoms with Gasteiger partial charge in [-0.3, -0.25) is 29.2 Å². The number of carboxylic acid groups (broad SMARTS) is 2. The third-order valence-electron chi connectivity index (χ3n) is 4.66. The van der Waals surface area contributed by atoms with Gasteiger partial charge in [-0.1, -0.05) is 0 Å². The Kier molecular flexibility index (Phi) is 16.3. The van der Waals surface area contributed by atoms with Gasteiger partial charge in [-0.2, -0.15) is 0 Å². The van der Waals surface area contributed by atoms with Crippen molar-refractivity contribution in [2.45, 2.75) is 0 Å². The van der Waals surface area contributed by atoms with Crippen LogP contribution in [0.5, 0.6) is 0 Å². The van der Waals surface area contributed by atoms with Crippen molar-refractivity contribution in [1.29, 1.82) is 0 Å². The Hall–Kier alpha value is -1.63. The second-order valence-corrected chi connectivity index (χ2v) is 6.75. The first-order valence-electron chi connectivity index (χ1n) is 9.80. The lowest BCUT2D eigenvalue weighted by molar-refractivity contribution is -0.140. The molecule has 0 saturated carbocycles. The molecule has 170 valence electrons. The molecule has 1 aliphatic heterocycles. The number of aliphatic carboxylic acids is 2. The van der Waals surface area contributed by atoms with Crippen LogP contribution in [0.15, 0.2) is 0 Å². The molecule has 0 amide bonds. The van der Waals surface area contributed by atoms with E-state index in [0.29, 0.717) is 45.8 Å². The van der Waals surface area contributed by atoms with Gasteiger partial charge < -0.3 is 25.4 Å². The van der Waals surface area contributed by atoms with Gasteiger partial charge in [-0.25, -0.2) is 0 Å². The van der Waals surface area contributed by atoms with Crippen molar-refractivity contribution in [2.24, 2.45) is 0 Å². The largest absolute Gasteiger partial charge is 0.480 e. The van der Waals surface area contributed by atoms with E-state index < -0.39 is 11.9 Å². The highest BCUT2D eigenvalue weighted by Crippen LogP contribution is 2.00. The summed E-state index contributed by atoms with van der Waals surface area (Å²) in [6.45, 7) is 6.76. The molecule has 1 fully saturated rings. The first-order valence-corrected chi connectivity index (χ1v) is 9.80. The summed E-state index contributed by atoms with van der Waals surface area (Å²) in [6, 6.07) is 0. The molecule has 11 heteroatoms. The predicted octanol–water partition coefficient (Wildman–Crippen LogP) is -2.60. The number of nitrogens with one attached hydrogen (secondary N) is 1. The van der Waals surface area contributed by atoms with Crippen LogP contribution in [-0.2, 0) is 14.4 Å². The number of aliphatic hydroxyl groups is 1. The van der Waals surface area contributed by atoms with Gasteiger partial charge in [0.05, 0.1) is 19.6 Å². The van der Waals surface area contributed by atoms with Crippen LogP contribution in [0.2, 0.25) is 0 Å². The predicted molar refractivity (Wildman–Crippen MR) is 109 cm³/mol. The van der Waals surface area contributed by atoms with Crippen LogP contribution in [0.1, 0.15) is 0 Å². The quantitative estimate of drug-likeness (QED) is 0.293. The van der Waals surface area contributed by atoms with E-state index in [1.807, 2.05) is 16.8 Å². The molecule has 0 radical (unpaired) electrons. The minimum atomic E-state index is -0.910. The lowest BCUT2D eigenvalue weighted by atomic mass is 10.3. The number of carboxylic acids is 2. The zero-order valence-corrected chi connectivity index (χ0v) is 17.6. The number of carbonyl (C=O) groups is 3. The van der Waals surface area contributed by atoms with Gasteiger partial charge in [0.25, 0.3) is 0 Å². The fourth-order valence-electron chi connectivity index (χ4n) is 3.06. The molecule has 0 aromatic carbocycles. The van der Waals surface area contributed by atoms with Crippen molar-refractivity contribution in [3.63, 3.8) is 0 Å². The Morgan fingerprint density at radius 2 is 1.17 bits per heavy atom. The maximum absolute atomic E-state index is 11.2. The van der Waals surface area contributed by atoms with E-state index in [9.17, 15) is 14.4 Å². The summed E-state index contributed by atoms with van der Waals surface area (Å²) in [6.07, 6.45) is 0.875. The van der Waals surface area contributed by atoms with E-state index >= 15 is 0 Å². The van der Waals surface area contributed by atoms with Crippen LogP contribution < -0.4 is 5.32 Å². The number of rotatable bonds is 9. The Morgan fingerprint density at radius 3 is 1.52 bits per heavy atom.